The van der Waals surface area contributed by atoms with Crippen LogP contribution in [0.15, 0.2) is 24.8 Å². The molecule has 0 unspecified atom stereocenters. The van der Waals surface area contributed by atoms with Gasteiger partial charge in [-0.05, 0) is 25.7 Å². The van der Waals surface area contributed by atoms with Gasteiger partial charge in [-0.3, -0.25) is 0 Å². The SMILES string of the molecule is c1c[n+]2c3n1CCCC[n+]1ccn(c1-3)CCCC2. The summed E-state index contributed by atoms with van der Waals surface area (Å²) >= 11 is 0. The first-order valence-corrected chi connectivity index (χ1v) is 7.11. The Labute approximate surface area is 107 Å². The van der Waals surface area contributed by atoms with Crippen LogP contribution < -0.4 is 9.13 Å². The van der Waals surface area contributed by atoms with Crippen LogP contribution in [-0.2, 0) is 26.2 Å². The van der Waals surface area contributed by atoms with Gasteiger partial charge >= 0.3 is 11.6 Å². The van der Waals surface area contributed by atoms with Gasteiger partial charge in [0.1, 0.15) is 24.8 Å². The van der Waals surface area contributed by atoms with E-state index in [1.165, 1.54) is 37.3 Å². The van der Waals surface area contributed by atoms with Crippen molar-refractivity contribution in [3.05, 3.63) is 24.8 Å². The standard InChI is InChI=1S/C14H20N4/c1-2-6-16-11-12-18-8-4-3-7-17-10-9-15(5-1)13(17)14(16)18/h9-12H,1-8H2/q+2. The summed E-state index contributed by atoms with van der Waals surface area (Å²) in [7, 11) is 0. The Morgan fingerprint density at radius 2 is 1.22 bits per heavy atom. The van der Waals surface area contributed by atoms with Crippen LogP contribution in [0.4, 0.5) is 0 Å². The zero-order chi connectivity index (χ0) is 11.9. The molecule has 4 rings (SSSR count). The molecule has 0 saturated heterocycles. The van der Waals surface area contributed by atoms with Crippen LogP contribution in [-0.4, -0.2) is 9.13 Å². The maximum atomic E-state index is 2.44. The van der Waals surface area contributed by atoms with Crippen molar-refractivity contribution in [2.75, 3.05) is 0 Å². The summed E-state index contributed by atoms with van der Waals surface area (Å²) in [5.41, 5.74) is 0. The molecule has 2 aromatic heterocycles. The fraction of sp³-hybridized carbons (Fsp3) is 0.571. The summed E-state index contributed by atoms with van der Waals surface area (Å²) in [5, 5.41) is 0. The van der Waals surface area contributed by atoms with Crippen molar-refractivity contribution in [2.45, 2.75) is 51.9 Å². The minimum atomic E-state index is 1.16. The first-order valence-electron chi connectivity index (χ1n) is 7.11. The van der Waals surface area contributed by atoms with Gasteiger partial charge in [0, 0.05) is 0 Å². The van der Waals surface area contributed by atoms with E-state index in [2.05, 4.69) is 43.1 Å². The Hall–Kier alpha value is -1.58. The highest BCUT2D eigenvalue weighted by Crippen LogP contribution is 2.19. The third-order valence-electron chi connectivity index (χ3n) is 4.24. The summed E-state index contributed by atoms with van der Waals surface area (Å²) in [6.45, 7) is 4.64. The summed E-state index contributed by atoms with van der Waals surface area (Å²) in [6, 6.07) is 0. The van der Waals surface area contributed by atoms with E-state index in [0.717, 1.165) is 26.2 Å². The monoisotopic (exact) mass is 244 g/mol. The van der Waals surface area contributed by atoms with Crippen molar-refractivity contribution in [2.24, 2.45) is 0 Å². The number of aryl methyl sites for hydroxylation is 4. The van der Waals surface area contributed by atoms with E-state index >= 15 is 0 Å². The maximum absolute atomic E-state index is 2.44. The Morgan fingerprint density at radius 1 is 0.722 bits per heavy atom. The molecule has 0 fully saturated rings. The Kier molecular flexibility index (Phi) is 2.28. The van der Waals surface area contributed by atoms with Gasteiger partial charge in [0.25, 0.3) is 0 Å². The minimum Gasteiger partial charge on any atom is -0.223 e. The predicted octanol–water partition coefficient (Wildman–Crippen LogP) is 1.12. The van der Waals surface area contributed by atoms with Crippen molar-refractivity contribution in [1.29, 1.82) is 0 Å². The third-order valence-corrected chi connectivity index (χ3v) is 4.24. The summed E-state index contributed by atoms with van der Waals surface area (Å²) in [6.07, 6.45) is 14.1. The largest absolute Gasteiger partial charge is 0.373 e. The van der Waals surface area contributed by atoms with Gasteiger partial charge < -0.3 is 0 Å². The van der Waals surface area contributed by atoms with E-state index in [0.29, 0.717) is 0 Å². The first kappa shape index (κ1) is 10.4. The fourth-order valence-electron chi connectivity index (χ4n) is 3.30. The molecule has 2 aliphatic rings. The summed E-state index contributed by atoms with van der Waals surface area (Å²) in [4.78, 5) is 0. The van der Waals surface area contributed by atoms with E-state index in [1.54, 1.807) is 0 Å². The van der Waals surface area contributed by atoms with E-state index in [1.807, 2.05) is 0 Å². The molecule has 4 heteroatoms. The van der Waals surface area contributed by atoms with Crippen LogP contribution in [0.3, 0.4) is 0 Å². The Bertz CT molecular complexity index is 479. The number of imidazole rings is 2. The van der Waals surface area contributed by atoms with Crippen LogP contribution in [0.25, 0.3) is 11.6 Å². The molecule has 0 aromatic carbocycles. The molecule has 2 aliphatic heterocycles. The van der Waals surface area contributed by atoms with Gasteiger partial charge in [0.05, 0.1) is 26.2 Å². The lowest BCUT2D eigenvalue weighted by molar-refractivity contribution is -0.716. The van der Waals surface area contributed by atoms with Gasteiger partial charge in [-0.2, -0.15) is 0 Å². The number of aromatic nitrogens is 4. The molecule has 94 valence electrons. The average molecular weight is 244 g/mol. The molecule has 0 bridgehead atoms. The van der Waals surface area contributed by atoms with Gasteiger partial charge in [0.15, 0.2) is 0 Å². The van der Waals surface area contributed by atoms with Gasteiger partial charge in [0.2, 0.25) is 0 Å². The second kappa shape index (κ2) is 3.97. The topological polar surface area (TPSA) is 17.6 Å². The van der Waals surface area contributed by atoms with E-state index in [4.69, 9.17) is 0 Å². The molecule has 4 nitrogen and oxygen atoms in total. The molecule has 0 radical (unpaired) electrons. The van der Waals surface area contributed by atoms with Gasteiger partial charge in [-0.25, -0.2) is 18.3 Å². The van der Waals surface area contributed by atoms with Crippen molar-refractivity contribution >= 4 is 0 Å². The fourth-order valence-corrected chi connectivity index (χ4v) is 3.30. The molecule has 4 heterocycles. The number of nitrogens with zero attached hydrogens (tertiary/aromatic N) is 4. The quantitative estimate of drug-likeness (QED) is 0.618. The highest BCUT2D eigenvalue weighted by molar-refractivity contribution is 5.36. The van der Waals surface area contributed by atoms with Crippen molar-refractivity contribution in [3.63, 3.8) is 0 Å². The number of hydrogen-bond donors (Lipinski definition) is 0. The lowest BCUT2D eigenvalue weighted by atomic mass is 10.2. The predicted molar refractivity (Wildman–Crippen MR) is 66.7 cm³/mol. The Morgan fingerprint density at radius 3 is 1.72 bits per heavy atom. The highest BCUT2D eigenvalue weighted by Gasteiger charge is 2.34. The molecule has 0 saturated carbocycles. The van der Waals surface area contributed by atoms with Crippen molar-refractivity contribution in [1.82, 2.24) is 9.13 Å². The minimum absolute atomic E-state index is 1.16. The second-order valence-corrected chi connectivity index (χ2v) is 5.43. The van der Waals surface area contributed by atoms with Crippen LogP contribution in [0.1, 0.15) is 25.7 Å². The molecule has 0 spiro atoms. The third kappa shape index (κ3) is 1.44. The van der Waals surface area contributed by atoms with Crippen molar-refractivity contribution in [3.8, 4) is 11.6 Å². The van der Waals surface area contributed by atoms with E-state index in [-0.39, 0.29) is 0 Å². The van der Waals surface area contributed by atoms with E-state index in [9.17, 15) is 0 Å². The van der Waals surface area contributed by atoms with Crippen LogP contribution >= 0.6 is 0 Å². The van der Waals surface area contributed by atoms with Gasteiger partial charge in [-0.15, -0.1) is 0 Å². The number of hydrogen-bond acceptors (Lipinski definition) is 0. The molecule has 2 aromatic rings. The summed E-state index contributed by atoms with van der Waals surface area (Å²) in [5.74, 6) is 2.80. The molecular formula is C14H20N4+2. The van der Waals surface area contributed by atoms with Gasteiger partial charge in [-0.1, -0.05) is 0 Å². The average Bonchev–Trinajstić information content (AvgIpc) is 2.86. The zero-order valence-electron chi connectivity index (χ0n) is 10.8. The van der Waals surface area contributed by atoms with Crippen LogP contribution in [0.5, 0.6) is 0 Å². The van der Waals surface area contributed by atoms with Crippen LogP contribution in [0.2, 0.25) is 0 Å². The molecule has 0 aliphatic carbocycles. The smallest absolute Gasteiger partial charge is 0.223 e. The lowest BCUT2D eigenvalue weighted by Crippen LogP contribution is -2.44. The van der Waals surface area contributed by atoms with E-state index < -0.39 is 0 Å². The maximum Gasteiger partial charge on any atom is 0.373 e. The lowest BCUT2D eigenvalue weighted by Gasteiger charge is -2.11. The van der Waals surface area contributed by atoms with Crippen molar-refractivity contribution < 1.29 is 9.13 Å². The normalized spacial score (nSPS) is 18.4. The molecule has 0 amide bonds. The van der Waals surface area contributed by atoms with Crippen LogP contribution in [0, 0.1) is 0 Å². The molecule has 18 heavy (non-hydrogen) atoms. The Balaban J connectivity index is 2.00. The molecular weight excluding hydrogens is 224 g/mol. The zero-order valence-corrected chi connectivity index (χ0v) is 10.8. The number of rotatable bonds is 0. The second-order valence-electron chi connectivity index (χ2n) is 5.43. The molecule has 0 atom stereocenters. The molecule has 0 N–H and O–H groups in total. The first-order chi connectivity index (χ1) is 8.93. The summed E-state index contributed by atoms with van der Waals surface area (Å²) < 4.78 is 9.75. The highest BCUT2D eigenvalue weighted by atomic mass is 15.3.